The standard InChI is InChI=1S/C2H7N3O/c3-1-2(4)5-6/h6H,1,3H2,(H2,4,5). The fourth-order valence-corrected chi connectivity index (χ4v) is 0.0408. The van der Waals surface area contributed by atoms with E-state index in [1.807, 2.05) is 0 Å². The number of nitrogens with two attached hydrogens (primary N) is 2. The molecular formula is C2H7N3O. The lowest BCUT2D eigenvalue weighted by molar-refractivity contribution is 0.317. The average molecular weight is 89.1 g/mol. The summed E-state index contributed by atoms with van der Waals surface area (Å²) in [6.07, 6.45) is 0. The highest BCUT2D eigenvalue weighted by Gasteiger charge is 1.78. The Kier molecular flexibility index (Phi) is 2.15. The average Bonchev–Trinajstić information content (AvgIpc) is 1.65. The zero-order valence-corrected chi connectivity index (χ0v) is 3.26. The topological polar surface area (TPSA) is 84.6 Å². The fraction of sp³-hybridized carbons (Fsp3) is 0.500. The number of nitrogens with zero attached hydrogens (tertiary/aromatic N) is 1. The third-order valence-corrected chi connectivity index (χ3v) is 0.338. The van der Waals surface area contributed by atoms with Gasteiger partial charge in [-0.3, -0.25) is 0 Å². The first-order chi connectivity index (χ1) is 2.81. The van der Waals surface area contributed by atoms with Crippen molar-refractivity contribution in [1.29, 1.82) is 0 Å². The van der Waals surface area contributed by atoms with Crippen molar-refractivity contribution >= 4 is 5.84 Å². The number of hydrogen-bond acceptors (Lipinski definition) is 3. The molecule has 0 heterocycles. The van der Waals surface area contributed by atoms with Crippen LogP contribution in [0, 0.1) is 0 Å². The van der Waals surface area contributed by atoms with Crippen LogP contribution in [-0.2, 0) is 0 Å². The first-order valence-electron chi connectivity index (χ1n) is 1.47. The first kappa shape index (κ1) is 5.23. The summed E-state index contributed by atoms with van der Waals surface area (Å²) in [6.45, 7) is 0.108. The van der Waals surface area contributed by atoms with E-state index in [0.29, 0.717) is 0 Å². The van der Waals surface area contributed by atoms with Crippen LogP contribution >= 0.6 is 0 Å². The minimum absolute atomic E-state index is 0.0509. The zero-order chi connectivity index (χ0) is 4.99. The van der Waals surface area contributed by atoms with E-state index in [-0.39, 0.29) is 12.4 Å². The molecule has 36 valence electrons. The molecule has 5 N–H and O–H groups in total. The molecule has 0 aromatic carbocycles. The zero-order valence-electron chi connectivity index (χ0n) is 3.26. The van der Waals surface area contributed by atoms with Gasteiger partial charge in [-0.1, -0.05) is 5.16 Å². The highest BCUT2D eigenvalue weighted by molar-refractivity contribution is 5.81. The molecule has 0 aliphatic heterocycles. The van der Waals surface area contributed by atoms with E-state index in [2.05, 4.69) is 5.16 Å². The Morgan fingerprint density at radius 1 is 1.83 bits per heavy atom. The number of hydrogen-bond donors (Lipinski definition) is 3. The lowest BCUT2D eigenvalue weighted by atomic mass is 10.6. The Hall–Kier alpha value is -0.770. The molecule has 0 fully saturated rings. The van der Waals surface area contributed by atoms with Gasteiger partial charge in [0.15, 0.2) is 5.84 Å². The second-order valence-electron chi connectivity index (χ2n) is 0.795. The summed E-state index contributed by atoms with van der Waals surface area (Å²) in [7, 11) is 0. The maximum Gasteiger partial charge on any atom is 0.152 e. The van der Waals surface area contributed by atoms with Crippen LogP contribution in [0.1, 0.15) is 0 Å². The summed E-state index contributed by atoms with van der Waals surface area (Å²) in [5, 5.41) is 10.3. The van der Waals surface area contributed by atoms with E-state index < -0.39 is 0 Å². The Labute approximate surface area is 35.4 Å². The van der Waals surface area contributed by atoms with Crippen molar-refractivity contribution in [2.45, 2.75) is 0 Å². The molecular weight excluding hydrogens is 82.0 g/mol. The van der Waals surface area contributed by atoms with Crippen molar-refractivity contribution in [2.24, 2.45) is 16.6 Å². The Morgan fingerprint density at radius 2 is 2.33 bits per heavy atom. The monoisotopic (exact) mass is 89.1 g/mol. The van der Waals surface area contributed by atoms with Gasteiger partial charge in [0.2, 0.25) is 0 Å². The molecule has 0 aromatic heterocycles. The first-order valence-corrected chi connectivity index (χ1v) is 1.47. The van der Waals surface area contributed by atoms with Gasteiger partial charge in [-0.25, -0.2) is 0 Å². The van der Waals surface area contributed by atoms with E-state index in [4.69, 9.17) is 16.7 Å². The molecule has 0 radical (unpaired) electrons. The maximum atomic E-state index is 7.72. The highest BCUT2D eigenvalue weighted by atomic mass is 16.4. The lowest BCUT2D eigenvalue weighted by Crippen LogP contribution is -2.22. The van der Waals surface area contributed by atoms with Gasteiger partial charge in [0.05, 0.1) is 6.54 Å². The van der Waals surface area contributed by atoms with Gasteiger partial charge in [0, 0.05) is 0 Å². The lowest BCUT2D eigenvalue weighted by Gasteiger charge is -1.83. The molecule has 0 aliphatic rings. The Bertz CT molecular complexity index is 59.8. The second-order valence-corrected chi connectivity index (χ2v) is 0.795. The minimum atomic E-state index is 0.0509. The summed E-state index contributed by atoms with van der Waals surface area (Å²) in [6, 6.07) is 0. The predicted octanol–water partition coefficient (Wildman–Crippen LogP) is -1.31. The molecule has 0 unspecified atom stereocenters. The summed E-state index contributed by atoms with van der Waals surface area (Å²) in [4.78, 5) is 0. The largest absolute Gasteiger partial charge is 0.409 e. The SMILES string of the molecule is NCC(N)=NO. The van der Waals surface area contributed by atoms with Crippen molar-refractivity contribution < 1.29 is 5.21 Å². The molecule has 4 nitrogen and oxygen atoms in total. The van der Waals surface area contributed by atoms with E-state index in [1.54, 1.807) is 0 Å². The minimum Gasteiger partial charge on any atom is -0.409 e. The molecule has 0 aliphatic carbocycles. The Morgan fingerprint density at radius 3 is 2.33 bits per heavy atom. The predicted molar refractivity (Wildman–Crippen MR) is 22.5 cm³/mol. The van der Waals surface area contributed by atoms with Gasteiger partial charge in [-0.05, 0) is 0 Å². The smallest absolute Gasteiger partial charge is 0.152 e. The molecule has 0 bridgehead atoms. The third kappa shape index (κ3) is 1.54. The molecule has 6 heavy (non-hydrogen) atoms. The number of rotatable bonds is 1. The summed E-state index contributed by atoms with van der Waals surface area (Å²) in [5.41, 5.74) is 9.71. The normalized spacial score (nSPS) is 11.8. The van der Waals surface area contributed by atoms with Crippen molar-refractivity contribution in [3.8, 4) is 0 Å². The van der Waals surface area contributed by atoms with Crippen LogP contribution in [0.15, 0.2) is 5.16 Å². The van der Waals surface area contributed by atoms with E-state index in [9.17, 15) is 0 Å². The molecule has 0 rings (SSSR count). The van der Waals surface area contributed by atoms with Crippen LogP contribution in [-0.4, -0.2) is 17.6 Å². The summed E-state index contributed by atoms with van der Waals surface area (Å²) >= 11 is 0. The summed E-state index contributed by atoms with van der Waals surface area (Å²) in [5.74, 6) is 0.0509. The molecule has 0 saturated heterocycles. The van der Waals surface area contributed by atoms with Crippen LogP contribution < -0.4 is 11.5 Å². The summed E-state index contributed by atoms with van der Waals surface area (Å²) < 4.78 is 0. The van der Waals surface area contributed by atoms with E-state index in [0.717, 1.165) is 0 Å². The number of oxime groups is 1. The van der Waals surface area contributed by atoms with Crippen LogP contribution in [0.2, 0.25) is 0 Å². The highest BCUT2D eigenvalue weighted by Crippen LogP contribution is 1.52. The van der Waals surface area contributed by atoms with Crippen molar-refractivity contribution in [1.82, 2.24) is 0 Å². The number of amidine groups is 1. The van der Waals surface area contributed by atoms with Gasteiger partial charge in [0.1, 0.15) is 0 Å². The van der Waals surface area contributed by atoms with Crippen molar-refractivity contribution in [2.75, 3.05) is 6.54 Å². The molecule has 0 atom stereocenters. The second kappa shape index (κ2) is 2.47. The fourth-order valence-electron chi connectivity index (χ4n) is 0.0408. The maximum absolute atomic E-state index is 7.72. The quantitative estimate of drug-likeness (QED) is 0.161. The molecule has 0 amide bonds. The van der Waals surface area contributed by atoms with Crippen molar-refractivity contribution in [3.05, 3.63) is 0 Å². The molecule has 0 spiro atoms. The van der Waals surface area contributed by atoms with Crippen LogP contribution in [0.3, 0.4) is 0 Å². The van der Waals surface area contributed by atoms with E-state index in [1.165, 1.54) is 0 Å². The van der Waals surface area contributed by atoms with Crippen LogP contribution in [0.4, 0.5) is 0 Å². The molecule has 0 aromatic rings. The van der Waals surface area contributed by atoms with Gasteiger partial charge in [-0.2, -0.15) is 0 Å². The van der Waals surface area contributed by atoms with Gasteiger partial charge in [-0.15, -0.1) is 0 Å². The molecule has 4 heteroatoms. The van der Waals surface area contributed by atoms with Gasteiger partial charge >= 0.3 is 0 Å². The van der Waals surface area contributed by atoms with Crippen molar-refractivity contribution in [3.63, 3.8) is 0 Å². The van der Waals surface area contributed by atoms with Gasteiger partial charge < -0.3 is 16.7 Å². The molecule has 0 saturated carbocycles. The van der Waals surface area contributed by atoms with Crippen LogP contribution in [0.25, 0.3) is 0 Å². The Balaban J connectivity index is 3.22. The van der Waals surface area contributed by atoms with Gasteiger partial charge in [0.25, 0.3) is 0 Å². The van der Waals surface area contributed by atoms with Crippen LogP contribution in [0.5, 0.6) is 0 Å². The third-order valence-electron chi connectivity index (χ3n) is 0.338. The van der Waals surface area contributed by atoms with E-state index >= 15 is 0 Å².